The molecule has 0 saturated carbocycles. The lowest BCUT2D eigenvalue weighted by molar-refractivity contribution is -0.121. The van der Waals surface area contributed by atoms with Crippen LogP contribution in [0.4, 0.5) is 10.1 Å². The molecule has 0 unspecified atom stereocenters. The number of nitrogens with one attached hydrogen (secondary N) is 1. The molecule has 0 bridgehead atoms. The first-order valence-corrected chi connectivity index (χ1v) is 8.30. The van der Waals surface area contributed by atoms with Crippen molar-refractivity contribution >= 4 is 33.4 Å². The number of hydrogen-bond donors (Lipinski definition) is 1. The number of amides is 2. The van der Waals surface area contributed by atoms with Crippen LogP contribution in [0.15, 0.2) is 53.0 Å². The lowest BCUT2D eigenvalue weighted by Gasteiger charge is -2.21. The highest BCUT2D eigenvalue weighted by atomic mass is 79.9. The highest BCUT2D eigenvalue weighted by Crippen LogP contribution is 2.17. The van der Waals surface area contributed by atoms with Gasteiger partial charge in [0.25, 0.3) is 0 Å². The Morgan fingerprint density at radius 1 is 1.17 bits per heavy atom. The van der Waals surface area contributed by atoms with Gasteiger partial charge in [0, 0.05) is 30.2 Å². The van der Waals surface area contributed by atoms with E-state index in [-0.39, 0.29) is 24.8 Å². The van der Waals surface area contributed by atoms with Crippen LogP contribution in [-0.2, 0) is 16.0 Å². The zero-order chi connectivity index (χ0) is 17.5. The van der Waals surface area contributed by atoms with Crippen molar-refractivity contribution in [3.63, 3.8) is 0 Å². The second-order valence-corrected chi connectivity index (χ2v) is 6.12. The molecule has 126 valence electrons. The van der Waals surface area contributed by atoms with Gasteiger partial charge in [0.2, 0.25) is 11.8 Å². The predicted octanol–water partition coefficient (Wildman–Crippen LogP) is 3.30. The van der Waals surface area contributed by atoms with Gasteiger partial charge in [-0.25, -0.2) is 4.39 Å². The predicted molar refractivity (Wildman–Crippen MR) is 95.3 cm³/mol. The molecule has 2 rings (SSSR count). The molecular formula is C18H18BrFN2O2. The molecule has 0 saturated heterocycles. The standard InChI is InChI=1S/C18H18BrFN2O2/c1-13(23)22(16-7-4-6-15(20)12-16)10-9-21-18(24)11-14-5-2-3-8-17(14)19/h2-8,12H,9-11H2,1H3,(H,21,24). The van der Waals surface area contributed by atoms with E-state index in [2.05, 4.69) is 21.2 Å². The second kappa shape index (κ2) is 8.59. The molecule has 0 heterocycles. The van der Waals surface area contributed by atoms with E-state index >= 15 is 0 Å². The Labute approximate surface area is 148 Å². The van der Waals surface area contributed by atoms with Crippen LogP contribution in [0.3, 0.4) is 0 Å². The first-order chi connectivity index (χ1) is 11.5. The molecule has 1 N–H and O–H groups in total. The van der Waals surface area contributed by atoms with Gasteiger partial charge in [-0.05, 0) is 29.8 Å². The largest absolute Gasteiger partial charge is 0.354 e. The quantitative estimate of drug-likeness (QED) is 0.819. The normalized spacial score (nSPS) is 10.3. The van der Waals surface area contributed by atoms with Gasteiger partial charge in [0.1, 0.15) is 5.82 Å². The summed E-state index contributed by atoms with van der Waals surface area (Å²) in [6.45, 7) is 1.98. The van der Waals surface area contributed by atoms with E-state index in [0.717, 1.165) is 10.0 Å². The second-order valence-electron chi connectivity index (χ2n) is 5.27. The van der Waals surface area contributed by atoms with Gasteiger partial charge in [0.05, 0.1) is 6.42 Å². The van der Waals surface area contributed by atoms with E-state index in [1.54, 1.807) is 12.1 Å². The number of halogens is 2. The number of hydrogen-bond acceptors (Lipinski definition) is 2. The summed E-state index contributed by atoms with van der Waals surface area (Å²) in [6, 6.07) is 13.3. The number of carbonyl (C=O) groups is 2. The fraction of sp³-hybridized carbons (Fsp3) is 0.222. The summed E-state index contributed by atoms with van der Waals surface area (Å²) in [6.07, 6.45) is 0.251. The molecular weight excluding hydrogens is 375 g/mol. The smallest absolute Gasteiger partial charge is 0.224 e. The Hall–Kier alpha value is -2.21. The van der Waals surface area contributed by atoms with Crippen LogP contribution in [0.2, 0.25) is 0 Å². The third kappa shape index (κ3) is 5.16. The van der Waals surface area contributed by atoms with Gasteiger partial charge in [-0.3, -0.25) is 9.59 Å². The van der Waals surface area contributed by atoms with Crippen molar-refractivity contribution in [2.75, 3.05) is 18.0 Å². The van der Waals surface area contributed by atoms with Crippen LogP contribution < -0.4 is 10.2 Å². The zero-order valence-electron chi connectivity index (χ0n) is 13.3. The Kier molecular flexibility index (Phi) is 6.49. The van der Waals surface area contributed by atoms with Gasteiger partial charge < -0.3 is 10.2 Å². The Morgan fingerprint density at radius 2 is 1.92 bits per heavy atom. The third-order valence-corrected chi connectivity index (χ3v) is 4.24. The highest BCUT2D eigenvalue weighted by Gasteiger charge is 2.13. The molecule has 6 heteroatoms. The van der Waals surface area contributed by atoms with Crippen LogP contribution in [0, 0.1) is 5.82 Å². The Bertz CT molecular complexity index is 736. The monoisotopic (exact) mass is 392 g/mol. The van der Waals surface area contributed by atoms with E-state index in [9.17, 15) is 14.0 Å². The molecule has 0 radical (unpaired) electrons. The molecule has 0 fully saturated rings. The molecule has 0 aliphatic rings. The summed E-state index contributed by atoms with van der Waals surface area (Å²) in [5.74, 6) is -0.748. The summed E-state index contributed by atoms with van der Waals surface area (Å²) >= 11 is 3.40. The molecule has 2 amide bonds. The average molecular weight is 393 g/mol. The van der Waals surface area contributed by atoms with Crippen molar-refractivity contribution in [3.8, 4) is 0 Å². The molecule has 0 aliphatic heterocycles. The molecule has 24 heavy (non-hydrogen) atoms. The van der Waals surface area contributed by atoms with Gasteiger partial charge in [-0.15, -0.1) is 0 Å². The van der Waals surface area contributed by atoms with Crippen molar-refractivity contribution in [3.05, 3.63) is 64.4 Å². The maximum absolute atomic E-state index is 13.3. The minimum absolute atomic E-state index is 0.135. The van der Waals surface area contributed by atoms with E-state index in [1.165, 1.54) is 24.0 Å². The Morgan fingerprint density at radius 3 is 2.58 bits per heavy atom. The van der Waals surface area contributed by atoms with Gasteiger partial charge in [0.15, 0.2) is 0 Å². The summed E-state index contributed by atoms with van der Waals surface area (Å²) in [5.41, 5.74) is 1.37. The molecule has 0 aliphatic carbocycles. The number of carbonyl (C=O) groups excluding carboxylic acids is 2. The fourth-order valence-corrected chi connectivity index (χ4v) is 2.72. The SMILES string of the molecule is CC(=O)N(CCNC(=O)Cc1ccccc1Br)c1cccc(F)c1. The third-order valence-electron chi connectivity index (χ3n) is 3.47. The first-order valence-electron chi connectivity index (χ1n) is 7.51. The molecule has 2 aromatic rings. The fourth-order valence-electron chi connectivity index (χ4n) is 2.30. The van der Waals surface area contributed by atoms with E-state index < -0.39 is 5.82 Å². The minimum Gasteiger partial charge on any atom is -0.354 e. The summed E-state index contributed by atoms with van der Waals surface area (Å²) < 4.78 is 14.2. The van der Waals surface area contributed by atoms with Crippen molar-refractivity contribution < 1.29 is 14.0 Å². The maximum Gasteiger partial charge on any atom is 0.224 e. The number of benzene rings is 2. The first kappa shape index (κ1) is 18.1. The lowest BCUT2D eigenvalue weighted by Crippen LogP contribution is -2.38. The minimum atomic E-state index is -0.406. The number of anilines is 1. The summed E-state index contributed by atoms with van der Waals surface area (Å²) in [7, 11) is 0. The summed E-state index contributed by atoms with van der Waals surface area (Å²) in [5, 5.41) is 2.78. The summed E-state index contributed by atoms with van der Waals surface area (Å²) in [4.78, 5) is 25.2. The van der Waals surface area contributed by atoms with Crippen LogP contribution >= 0.6 is 15.9 Å². The van der Waals surface area contributed by atoms with Crippen LogP contribution in [-0.4, -0.2) is 24.9 Å². The molecule has 0 spiro atoms. The van der Waals surface area contributed by atoms with Gasteiger partial charge >= 0.3 is 0 Å². The van der Waals surface area contributed by atoms with Crippen LogP contribution in [0.5, 0.6) is 0 Å². The molecule has 0 aromatic heterocycles. The van der Waals surface area contributed by atoms with Crippen molar-refractivity contribution in [1.29, 1.82) is 0 Å². The van der Waals surface area contributed by atoms with Crippen LogP contribution in [0.25, 0.3) is 0 Å². The molecule has 0 atom stereocenters. The highest BCUT2D eigenvalue weighted by molar-refractivity contribution is 9.10. The zero-order valence-corrected chi connectivity index (χ0v) is 14.8. The molecule has 4 nitrogen and oxygen atoms in total. The van der Waals surface area contributed by atoms with Crippen molar-refractivity contribution in [2.45, 2.75) is 13.3 Å². The van der Waals surface area contributed by atoms with Crippen molar-refractivity contribution in [1.82, 2.24) is 5.32 Å². The van der Waals surface area contributed by atoms with Gasteiger partial charge in [-0.2, -0.15) is 0 Å². The van der Waals surface area contributed by atoms with Crippen LogP contribution in [0.1, 0.15) is 12.5 Å². The average Bonchev–Trinajstić information content (AvgIpc) is 2.53. The lowest BCUT2D eigenvalue weighted by atomic mass is 10.1. The number of nitrogens with zero attached hydrogens (tertiary/aromatic N) is 1. The topological polar surface area (TPSA) is 49.4 Å². The molecule has 2 aromatic carbocycles. The number of rotatable bonds is 6. The van der Waals surface area contributed by atoms with Gasteiger partial charge in [-0.1, -0.05) is 40.2 Å². The Balaban J connectivity index is 1.90. The van der Waals surface area contributed by atoms with E-state index in [1.807, 2.05) is 24.3 Å². The maximum atomic E-state index is 13.3. The van der Waals surface area contributed by atoms with Crippen molar-refractivity contribution in [2.24, 2.45) is 0 Å². The van der Waals surface area contributed by atoms with E-state index in [0.29, 0.717) is 12.2 Å². The van der Waals surface area contributed by atoms with E-state index in [4.69, 9.17) is 0 Å².